The molecule has 0 spiro atoms. The molecule has 0 aromatic heterocycles. The Morgan fingerprint density at radius 3 is 2.29 bits per heavy atom. The molecule has 1 saturated carbocycles. The molecule has 0 heterocycles. The molecule has 1 N–H and O–H groups in total. The number of aryl methyl sites for hydroxylation is 2. The summed E-state index contributed by atoms with van der Waals surface area (Å²) in [5, 5.41) is 4.17. The van der Waals surface area contributed by atoms with Crippen molar-refractivity contribution < 1.29 is 9.59 Å². The minimum Gasteiger partial charge on any atom is -0.352 e. The maximum absolute atomic E-state index is 13.5. The average molecular weight is 522 g/mol. The Labute approximate surface area is 217 Å². The molecule has 0 unspecified atom stereocenters. The first-order chi connectivity index (χ1) is 16.3. The lowest BCUT2D eigenvalue weighted by atomic mass is 10.1. The van der Waals surface area contributed by atoms with Gasteiger partial charge in [-0.15, -0.1) is 11.8 Å². The van der Waals surface area contributed by atoms with Crippen molar-refractivity contribution >= 4 is 46.8 Å². The van der Waals surface area contributed by atoms with Gasteiger partial charge in [0.05, 0.1) is 5.75 Å². The Balaban J connectivity index is 1.76. The topological polar surface area (TPSA) is 49.4 Å². The highest BCUT2D eigenvalue weighted by Crippen LogP contribution is 2.28. The van der Waals surface area contributed by atoms with Gasteiger partial charge in [0.2, 0.25) is 11.8 Å². The molecule has 0 radical (unpaired) electrons. The van der Waals surface area contributed by atoms with Crippen molar-refractivity contribution in [2.24, 2.45) is 0 Å². The molecule has 1 atom stereocenters. The average Bonchev–Trinajstić information content (AvgIpc) is 3.27. The van der Waals surface area contributed by atoms with E-state index in [1.165, 1.54) is 16.7 Å². The zero-order chi connectivity index (χ0) is 24.7. The van der Waals surface area contributed by atoms with Crippen molar-refractivity contribution in [1.82, 2.24) is 10.2 Å². The van der Waals surface area contributed by atoms with Gasteiger partial charge in [0, 0.05) is 33.9 Å². The van der Waals surface area contributed by atoms with Crippen LogP contribution < -0.4 is 5.32 Å². The number of carbonyl (C=O) groups is 2. The summed E-state index contributed by atoms with van der Waals surface area (Å²) in [7, 11) is 0. The smallest absolute Gasteiger partial charge is 0.243 e. The zero-order valence-corrected chi connectivity index (χ0v) is 22.5. The third-order valence-electron chi connectivity index (χ3n) is 6.25. The van der Waals surface area contributed by atoms with Crippen molar-refractivity contribution in [3.8, 4) is 0 Å². The molecular formula is C27H34Cl2N2O2S. The van der Waals surface area contributed by atoms with E-state index in [4.69, 9.17) is 23.2 Å². The molecule has 2 aromatic rings. The molecule has 2 aromatic carbocycles. The molecule has 1 aliphatic carbocycles. The molecule has 2 amide bonds. The molecule has 0 bridgehead atoms. The second-order valence-corrected chi connectivity index (χ2v) is 10.9. The van der Waals surface area contributed by atoms with Gasteiger partial charge in [-0.3, -0.25) is 9.59 Å². The van der Waals surface area contributed by atoms with Gasteiger partial charge in [0.15, 0.2) is 0 Å². The molecule has 0 aliphatic heterocycles. The van der Waals surface area contributed by atoms with Gasteiger partial charge in [-0.1, -0.05) is 78.4 Å². The lowest BCUT2D eigenvalue weighted by Crippen LogP contribution is -2.51. The highest BCUT2D eigenvalue weighted by molar-refractivity contribution is 7.99. The van der Waals surface area contributed by atoms with Crippen LogP contribution in [-0.4, -0.2) is 34.6 Å². The summed E-state index contributed by atoms with van der Waals surface area (Å²) < 4.78 is 0. The van der Waals surface area contributed by atoms with Crippen molar-refractivity contribution in [2.75, 3.05) is 5.75 Å². The van der Waals surface area contributed by atoms with Gasteiger partial charge in [-0.05, 0) is 50.8 Å². The Hall–Kier alpha value is -1.69. The number of nitrogens with one attached hydrogen (secondary N) is 1. The van der Waals surface area contributed by atoms with Crippen LogP contribution in [0.25, 0.3) is 0 Å². The fraction of sp³-hybridized carbons (Fsp3) is 0.481. The number of amides is 2. The van der Waals surface area contributed by atoms with Crippen LogP contribution in [0.15, 0.2) is 36.4 Å². The largest absolute Gasteiger partial charge is 0.352 e. The Morgan fingerprint density at radius 1 is 1.09 bits per heavy atom. The molecule has 34 heavy (non-hydrogen) atoms. The number of carbonyl (C=O) groups excluding carboxylic acids is 2. The summed E-state index contributed by atoms with van der Waals surface area (Å²) in [6, 6.07) is 11.4. The van der Waals surface area contributed by atoms with Crippen molar-refractivity contribution in [3.63, 3.8) is 0 Å². The summed E-state index contributed by atoms with van der Waals surface area (Å²) >= 11 is 14.4. The fourth-order valence-electron chi connectivity index (χ4n) is 4.63. The second kappa shape index (κ2) is 12.9. The van der Waals surface area contributed by atoms with Gasteiger partial charge in [0.25, 0.3) is 0 Å². The number of hydrogen-bond acceptors (Lipinski definition) is 3. The molecule has 0 saturated heterocycles. The lowest BCUT2D eigenvalue weighted by molar-refractivity contribution is -0.139. The SMILES string of the molecule is CC[C@H](C(=O)NC1CCCC1)N(Cc1c(Cl)cccc1Cl)C(=O)CSCc1cc(C)cc(C)c1. The minimum atomic E-state index is -0.567. The Bertz CT molecular complexity index is 968. The Kier molecular flexibility index (Phi) is 10.2. The van der Waals surface area contributed by atoms with E-state index in [0.717, 1.165) is 31.4 Å². The molecule has 184 valence electrons. The van der Waals surface area contributed by atoms with Gasteiger partial charge in [0.1, 0.15) is 6.04 Å². The molecular weight excluding hydrogens is 487 g/mol. The summed E-state index contributed by atoms with van der Waals surface area (Å²) in [5.41, 5.74) is 4.30. The zero-order valence-electron chi connectivity index (χ0n) is 20.2. The van der Waals surface area contributed by atoms with E-state index in [2.05, 4.69) is 37.4 Å². The molecule has 1 aliphatic rings. The maximum atomic E-state index is 13.5. The maximum Gasteiger partial charge on any atom is 0.243 e. The van der Waals surface area contributed by atoms with E-state index in [-0.39, 0.29) is 30.2 Å². The number of nitrogens with zero attached hydrogens (tertiary/aromatic N) is 1. The van der Waals surface area contributed by atoms with Crippen LogP contribution in [0.1, 0.15) is 61.3 Å². The first-order valence-electron chi connectivity index (χ1n) is 12.0. The summed E-state index contributed by atoms with van der Waals surface area (Å²) in [5.74, 6) is 0.839. The fourth-order valence-corrected chi connectivity index (χ4v) is 5.99. The van der Waals surface area contributed by atoms with E-state index in [0.29, 0.717) is 22.0 Å². The Morgan fingerprint density at radius 2 is 1.71 bits per heavy atom. The predicted molar refractivity (Wildman–Crippen MR) is 144 cm³/mol. The third-order valence-corrected chi connectivity index (χ3v) is 7.95. The van der Waals surface area contributed by atoms with Crippen molar-refractivity contribution in [3.05, 3.63) is 68.7 Å². The number of hydrogen-bond donors (Lipinski definition) is 1. The number of thioether (sulfide) groups is 1. The molecule has 7 heteroatoms. The van der Waals surface area contributed by atoms with Crippen molar-refractivity contribution in [1.29, 1.82) is 0 Å². The molecule has 3 rings (SSSR count). The van der Waals surface area contributed by atoms with Crippen molar-refractivity contribution in [2.45, 2.75) is 77.3 Å². The number of benzene rings is 2. The van der Waals surface area contributed by atoms with Crippen LogP contribution >= 0.6 is 35.0 Å². The van der Waals surface area contributed by atoms with Crippen LogP contribution in [0.4, 0.5) is 0 Å². The number of rotatable bonds is 10. The highest BCUT2D eigenvalue weighted by atomic mass is 35.5. The first-order valence-corrected chi connectivity index (χ1v) is 13.9. The third kappa shape index (κ3) is 7.40. The van der Waals surface area contributed by atoms with Crippen LogP contribution in [0.3, 0.4) is 0 Å². The van der Waals surface area contributed by atoms with E-state index < -0.39 is 6.04 Å². The van der Waals surface area contributed by atoms with Crippen LogP contribution in [0.5, 0.6) is 0 Å². The summed E-state index contributed by atoms with van der Waals surface area (Å²) in [4.78, 5) is 28.4. The summed E-state index contributed by atoms with van der Waals surface area (Å²) in [6.07, 6.45) is 4.79. The minimum absolute atomic E-state index is 0.0845. The quantitative estimate of drug-likeness (QED) is 0.378. The standard InChI is InChI=1S/C27H34Cl2N2O2S/c1-4-25(27(33)30-21-8-5-6-9-21)31(15-22-23(28)10-7-11-24(22)29)26(32)17-34-16-20-13-18(2)12-19(3)14-20/h7,10-14,21,25H,4-6,8-9,15-17H2,1-3H3,(H,30,33)/t25-/m1/s1. The highest BCUT2D eigenvalue weighted by Gasteiger charge is 2.31. The predicted octanol–water partition coefficient (Wildman–Crippen LogP) is 6.71. The van der Waals surface area contributed by atoms with Gasteiger partial charge >= 0.3 is 0 Å². The van der Waals surface area contributed by atoms with Gasteiger partial charge in [-0.2, -0.15) is 0 Å². The second-order valence-electron chi connectivity index (χ2n) is 9.12. The molecule has 4 nitrogen and oxygen atoms in total. The first kappa shape index (κ1) is 26.9. The van der Waals surface area contributed by atoms with E-state index in [9.17, 15) is 9.59 Å². The van der Waals surface area contributed by atoms with E-state index in [1.54, 1.807) is 34.9 Å². The van der Waals surface area contributed by atoms with E-state index in [1.807, 2.05) is 6.92 Å². The molecule has 1 fully saturated rings. The number of halogens is 2. The van der Waals surface area contributed by atoms with Crippen LogP contribution in [0.2, 0.25) is 10.0 Å². The normalized spacial score (nSPS) is 14.7. The van der Waals surface area contributed by atoms with Crippen LogP contribution in [0, 0.1) is 13.8 Å². The van der Waals surface area contributed by atoms with E-state index >= 15 is 0 Å². The van der Waals surface area contributed by atoms with Gasteiger partial charge in [-0.25, -0.2) is 0 Å². The lowest BCUT2D eigenvalue weighted by Gasteiger charge is -2.32. The monoisotopic (exact) mass is 520 g/mol. The van der Waals surface area contributed by atoms with Crippen LogP contribution in [-0.2, 0) is 21.9 Å². The van der Waals surface area contributed by atoms with Gasteiger partial charge < -0.3 is 10.2 Å². The summed E-state index contributed by atoms with van der Waals surface area (Å²) in [6.45, 7) is 6.31.